The monoisotopic (exact) mass is 312 g/mol. The van der Waals surface area contributed by atoms with Crippen LogP contribution >= 0.6 is 11.6 Å². The molecule has 3 rings (SSSR count). The molecule has 1 heterocycles. The van der Waals surface area contributed by atoms with E-state index in [4.69, 9.17) is 16.3 Å². The van der Waals surface area contributed by atoms with Gasteiger partial charge in [-0.15, -0.1) is 0 Å². The van der Waals surface area contributed by atoms with Gasteiger partial charge in [-0.3, -0.25) is 4.79 Å². The van der Waals surface area contributed by atoms with Crippen molar-refractivity contribution in [2.45, 2.75) is 0 Å². The van der Waals surface area contributed by atoms with Gasteiger partial charge in [0.2, 0.25) is 0 Å². The van der Waals surface area contributed by atoms with Crippen LogP contribution in [0.5, 0.6) is 5.75 Å². The quantitative estimate of drug-likeness (QED) is 0.884. The molecular formula is C17H13ClN2O2. The van der Waals surface area contributed by atoms with E-state index in [0.717, 1.165) is 11.1 Å². The topological polar surface area (TPSA) is 50.7 Å². The maximum Gasteiger partial charge on any atom is 0.275 e. The zero-order chi connectivity index (χ0) is 15.5. The summed E-state index contributed by atoms with van der Waals surface area (Å²) in [5.41, 5.74) is 1.87. The molecule has 0 saturated heterocycles. The molecule has 0 unspecified atom stereocenters. The van der Waals surface area contributed by atoms with Gasteiger partial charge in [0.1, 0.15) is 17.3 Å². The highest BCUT2D eigenvalue weighted by Crippen LogP contribution is 2.21. The molecule has 5 heteroatoms. The van der Waals surface area contributed by atoms with E-state index in [2.05, 4.69) is 10.3 Å². The third kappa shape index (κ3) is 2.87. The van der Waals surface area contributed by atoms with Crippen molar-refractivity contribution in [3.63, 3.8) is 0 Å². The van der Waals surface area contributed by atoms with Gasteiger partial charge in [0.25, 0.3) is 5.91 Å². The number of amidine groups is 1. The highest BCUT2D eigenvalue weighted by Gasteiger charge is 2.21. The first-order valence-corrected chi connectivity index (χ1v) is 7.06. The standard InChI is InChI=1S/C17H13ClN2O2/c1-22-13-7-4-6-12(9-13)16-19-15(17(21)20-16)10-11-5-2-3-8-14(11)18/h2-10H,1H3,(H,19,20,21)/b15-10-. The summed E-state index contributed by atoms with van der Waals surface area (Å²) in [7, 11) is 1.59. The highest BCUT2D eigenvalue weighted by atomic mass is 35.5. The molecule has 0 spiro atoms. The van der Waals surface area contributed by atoms with Crippen molar-refractivity contribution in [1.29, 1.82) is 0 Å². The number of halogens is 1. The van der Waals surface area contributed by atoms with Gasteiger partial charge < -0.3 is 10.1 Å². The number of ether oxygens (including phenoxy) is 1. The van der Waals surface area contributed by atoms with E-state index in [1.807, 2.05) is 42.5 Å². The molecular weight excluding hydrogens is 300 g/mol. The molecule has 110 valence electrons. The lowest BCUT2D eigenvalue weighted by Gasteiger charge is -2.03. The number of hydrogen-bond acceptors (Lipinski definition) is 3. The predicted molar refractivity (Wildman–Crippen MR) is 87.1 cm³/mol. The van der Waals surface area contributed by atoms with Gasteiger partial charge in [-0.1, -0.05) is 41.9 Å². The molecule has 4 nitrogen and oxygen atoms in total. The second-order valence-electron chi connectivity index (χ2n) is 4.70. The Morgan fingerprint density at radius 3 is 2.77 bits per heavy atom. The first-order valence-electron chi connectivity index (χ1n) is 6.68. The van der Waals surface area contributed by atoms with E-state index in [1.165, 1.54) is 0 Å². The molecule has 2 aromatic carbocycles. The van der Waals surface area contributed by atoms with Crippen molar-refractivity contribution in [3.8, 4) is 5.75 Å². The van der Waals surface area contributed by atoms with E-state index in [9.17, 15) is 4.79 Å². The minimum absolute atomic E-state index is 0.252. The van der Waals surface area contributed by atoms with Crippen LogP contribution in [0.1, 0.15) is 11.1 Å². The zero-order valence-corrected chi connectivity index (χ0v) is 12.6. The molecule has 0 aromatic heterocycles. The molecule has 0 aliphatic carbocycles. The molecule has 0 bridgehead atoms. The van der Waals surface area contributed by atoms with E-state index in [1.54, 1.807) is 19.3 Å². The first-order chi connectivity index (χ1) is 10.7. The summed E-state index contributed by atoms with van der Waals surface area (Å²) in [4.78, 5) is 16.4. The Kier molecular flexibility index (Phi) is 3.94. The van der Waals surface area contributed by atoms with Crippen molar-refractivity contribution in [3.05, 3.63) is 70.4 Å². The number of methoxy groups -OCH3 is 1. The number of carbonyl (C=O) groups is 1. The molecule has 1 aliphatic rings. The Morgan fingerprint density at radius 2 is 2.00 bits per heavy atom. The summed E-state index contributed by atoms with van der Waals surface area (Å²) in [5, 5.41) is 3.33. The molecule has 0 saturated carbocycles. The summed E-state index contributed by atoms with van der Waals surface area (Å²) >= 11 is 6.10. The van der Waals surface area contributed by atoms with Crippen LogP contribution < -0.4 is 10.1 Å². The predicted octanol–water partition coefficient (Wildman–Crippen LogP) is 3.27. The molecule has 1 aliphatic heterocycles. The fourth-order valence-corrected chi connectivity index (χ4v) is 2.31. The summed E-state index contributed by atoms with van der Waals surface area (Å²) in [6, 6.07) is 14.7. The fraction of sp³-hybridized carbons (Fsp3) is 0.0588. The van der Waals surface area contributed by atoms with Gasteiger partial charge in [-0.25, -0.2) is 4.99 Å². The number of carbonyl (C=O) groups excluding carboxylic acids is 1. The second kappa shape index (κ2) is 6.03. The van der Waals surface area contributed by atoms with Crippen molar-refractivity contribution in [1.82, 2.24) is 5.32 Å². The zero-order valence-electron chi connectivity index (χ0n) is 11.8. The Hall–Kier alpha value is -2.59. The van der Waals surface area contributed by atoms with Crippen LogP contribution in [-0.4, -0.2) is 18.9 Å². The lowest BCUT2D eigenvalue weighted by Crippen LogP contribution is -2.24. The fourth-order valence-electron chi connectivity index (χ4n) is 2.12. The molecule has 0 fully saturated rings. The molecule has 22 heavy (non-hydrogen) atoms. The minimum Gasteiger partial charge on any atom is -0.497 e. The van der Waals surface area contributed by atoms with Crippen molar-refractivity contribution in [2.24, 2.45) is 4.99 Å². The number of nitrogens with one attached hydrogen (secondary N) is 1. The number of benzene rings is 2. The molecule has 2 aromatic rings. The maximum absolute atomic E-state index is 12.1. The summed E-state index contributed by atoms with van der Waals surface area (Å²) in [6.45, 7) is 0. The van der Waals surface area contributed by atoms with E-state index in [-0.39, 0.29) is 5.91 Å². The Bertz CT molecular complexity index is 797. The summed E-state index contributed by atoms with van der Waals surface area (Å²) in [6.07, 6.45) is 1.67. The normalized spacial score (nSPS) is 15.6. The average molecular weight is 313 g/mol. The van der Waals surface area contributed by atoms with Gasteiger partial charge in [-0.05, 0) is 29.8 Å². The van der Waals surface area contributed by atoms with Crippen molar-refractivity contribution >= 4 is 29.4 Å². The second-order valence-corrected chi connectivity index (χ2v) is 5.10. The van der Waals surface area contributed by atoms with E-state index < -0.39 is 0 Å². The van der Waals surface area contributed by atoms with Crippen molar-refractivity contribution < 1.29 is 9.53 Å². The van der Waals surface area contributed by atoms with Gasteiger partial charge in [0.15, 0.2) is 0 Å². The Labute approximate surface area is 133 Å². The third-order valence-corrected chi connectivity index (χ3v) is 3.58. The van der Waals surface area contributed by atoms with Crippen LogP contribution in [0.2, 0.25) is 5.02 Å². The van der Waals surface area contributed by atoms with Crippen LogP contribution in [0, 0.1) is 0 Å². The molecule has 1 amide bonds. The molecule has 0 atom stereocenters. The van der Waals surface area contributed by atoms with Gasteiger partial charge in [0.05, 0.1) is 7.11 Å². The summed E-state index contributed by atoms with van der Waals surface area (Å²) in [5.74, 6) is 0.956. The number of rotatable bonds is 3. The minimum atomic E-state index is -0.252. The van der Waals surface area contributed by atoms with Crippen LogP contribution in [0.25, 0.3) is 6.08 Å². The smallest absolute Gasteiger partial charge is 0.275 e. The maximum atomic E-state index is 12.1. The molecule has 0 radical (unpaired) electrons. The summed E-state index contributed by atoms with van der Waals surface area (Å²) < 4.78 is 5.18. The van der Waals surface area contributed by atoms with Gasteiger partial charge >= 0.3 is 0 Å². The highest BCUT2D eigenvalue weighted by molar-refractivity contribution is 6.32. The third-order valence-electron chi connectivity index (χ3n) is 3.24. The van der Waals surface area contributed by atoms with Gasteiger partial charge in [0, 0.05) is 10.6 Å². The van der Waals surface area contributed by atoms with Crippen LogP contribution in [-0.2, 0) is 4.79 Å². The number of aliphatic imine (C=N–C) groups is 1. The SMILES string of the molecule is COc1cccc(C2=N/C(=C\c3ccccc3Cl)C(=O)N2)c1. The first kappa shape index (κ1) is 14.4. The number of hydrogen-bond donors (Lipinski definition) is 1. The lowest BCUT2D eigenvalue weighted by molar-refractivity contribution is -0.115. The van der Waals surface area contributed by atoms with Gasteiger partial charge in [-0.2, -0.15) is 0 Å². The largest absolute Gasteiger partial charge is 0.497 e. The number of nitrogens with zero attached hydrogens (tertiary/aromatic N) is 1. The number of amides is 1. The van der Waals surface area contributed by atoms with Crippen LogP contribution in [0.4, 0.5) is 0 Å². The average Bonchev–Trinajstić information content (AvgIpc) is 2.91. The molecule has 1 N–H and O–H groups in total. The Balaban J connectivity index is 1.96. The van der Waals surface area contributed by atoms with Crippen molar-refractivity contribution in [2.75, 3.05) is 7.11 Å². The lowest BCUT2D eigenvalue weighted by atomic mass is 10.2. The Morgan fingerprint density at radius 1 is 1.18 bits per heavy atom. The van der Waals surface area contributed by atoms with E-state index in [0.29, 0.717) is 22.3 Å². The van der Waals surface area contributed by atoms with E-state index >= 15 is 0 Å². The van der Waals surface area contributed by atoms with Crippen LogP contribution in [0.15, 0.2) is 59.2 Å². The van der Waals surface area contributed by atoms with Crippen LogP contribution in [0.3, 0.4) is 0 Å².